The van der Waals surface area contributed by atoms with Crippen LogP contribution in [0.2, 0.25) is 0 Å². The number of aromatic nitrogens is 4. The quantitative estimate of drug-likeness (QED) is 0.861. The molecule has 0 aromatic carbocycles. The Labute approximate surface area is 128 Å². The zero-order valence-corrected chi connectivity index (χ0v) is 12.8. The predicted octanol–water partition coefficient (Wildman–Crippen LogP) is 1.95. The van der Waals surface area contributed by atoms with Crippen LogP contribution in [0.3, 0.4) is 0 Å². The summed E-state index contributed by atoms with van der Waals surface area (Å²) >= 11 is 0. The molecule has 1 fully saturated rings. The molecular weight excluding hydrogens is 282 g/mol. The average molecular weight is 301 g/mol. The second-order valence-electron chi connectivity index (χ2n) is 5.47. The third-order valence-corrected chi connectivity index (χ3v) is 3.97. The van der Waals surface area contributed by atoms with Gasteiger partial charge < -0.3 is 9.32 Å². The summed E-state index contributed by atoms with van der Waals surface area (Å²) < 4.78 is 5.77. The number of likely N-dealkylation sites (tertiary alicyclic amines) is 1. The number of hydrogen-bond donors (Lipinski definition) is 0. The van der Waals surface area contributed by atoms with E-state index < -0.39 is 0 Å². The van der Waals surface area contributed by atoms with Crippen LogP contribution in [0, 0.1) is 6.92 Å². The van der Waals surface area contributed by atoms with Crippen LogP contribution in [0.25, 0.3) is 11.5 Å². The van der Waals surface area contributed by atoms with E-state index in [4.69, 9.17) is 4.42 Å². The molecule has 0 radical (unpaired) electrons. The van der Waals surface area contributed by atoms with Crippen LogP contribution < -0.4 is 0 Å². The minimum absolute atomic E-state index is 0.210. The monoisotopic (exact) mass is 301 g/mol. The third-order valence-electron chi connectivity index (χ3n) is 3.97. The number of piperidine rings is 1. The lowest BCUT2D eigenvalue weighted by molar-refractivity contribution is -0.131. The number of nitrogens with zero attached hydrogens (tertiary/aromatic N) is 5. The molecule has 0 saturated carbocycles. The summed E-state index contributed by atoms with van der Waals surface area (Å²) in [5, 5.41) is 8.24. The summed E-state index contributed by atoms with van der Waals surface area (Å²) in [6.45, 7) is 5.22. The lowest BCUT2D eigenvalue weighted by Gasteiger charge is -2.30. The maximum Gasteiger partial charge on any atom is 0.250 e. The molecule has 2 aromatic rings. The second kappa shape index (κ2) is 6.21. The molecule has 0 bridgehead atoms. The van der Waals surface area contributed by atoms with Crippen molar-refractivity contribution >= 4 is 5.91 Å². The van der Waals surface area contributed by atoms with Gasteiger partial charge in [-0.15, -0.1) is 10.2 Å². The fourth-order valence-corrected chi connectivity index (χ4v) is 2.62. The average Bonchev–Trinajstić information content (AvgIpc) is 3.05. The first-order valence-corrected chi connectivity index (χ1v) is 7.57. The summed E-state index contributed by atoms with van der Waals surface area (Å²) in [6.07, 6.45) is 5.64. The Hall–Kier alpha value is -2.31. The topological polar surface area (TPSA) is 85.0 Å². The Morgan fingerprint density at radius 2 is 1.95 bits per heavy atom. The Balaban J connectivity index is 1.67. The minimum Gasteiger partial charge on any atom is -0.420 e. The highest BCUT2D eigenvalue weighted by Crippen LogP contribution is 2.29. The van der Waals surface area contributed by atoms with Gasteiger partial charge in [0.15, 0.2) is 0 Å². The smallest absolute Gasteiger partial charge is 0.250 e. The molecule has 2 aromatic heterocycles. The van der Waals surface area contributed by atoms with E-state index in [1.165, 1.54) is 0 Å². The summed E-state index contributed by atoms with van der Waals surface area (Å²) in [5.41, 5.74) is 0.725. The van der Waals surface area contributed by atoms with Crippen molar-refractivity contribution < 1.29 is 9.21 Å². The number of amides is 1. The van der Waals surface area contributed by atoms with Crippen molar-refractivity contribution in [1.82, 2.24) is 25.1 Å². The lowest BCUT2D eigenvalue weighted by atomic mass is 9.96. The molecule has 0 N–H and O–H groups in total. The van der Waals surface area contributed by atoms with Crippen molar-refractivity contribution in [1.29, 1.82) is 0 Å². The molecule has 1 saturated heterocycles. The molecule has 3 rings (SSSR count). The molecule has 116 valence electrons. The van der Waals surface area contributed by atoms with Crippen LogP contribution >= 0.6 is 0 Å². The lowest BCUT2D eigenvalue weighted by Crippen LogP contribution is -2.37. The first kappa shape index (κ1) is 14.6. The highest BCUT2D eigenvalue weighted by Gasteiger charge is 2.26. The van der Waals surface area contributed by atoms with Gasteiger partial charge in [-0.2, -0.15) is 0 Å². The van der Waals surface area contributed by atoms with Crippen molar-refractivity contribution in [2.45, 2.75) is 39.0 Å². The summed E-state index contributed by atoms with van der Waals surface area (Å²) in [4.78, 5) is 21.9. The van der Waals surface area contributed by atoms with Crippen LogP contribution in [0.1, 0.15) is 43.8 Å². The summed E-state index contributed by atoms with van der Waals surface area (Å²) in [5.74, 6) is 2.22. The van der Waals surface area contributed by atoms with Gasteiger partial charge >= 0.3 is 0 Å². The van der Waals surface area contributed by atoms with Gasteiger partial charge in [0.25, 0.3) is 5.89 Å². The van der Waals surface area contributed by atoms with Gasteiger partial charge in [0.2, 0.25) is 11.8 Å². The van der Waals surface area contributed by atoms with Crippen LogP contribution in [0.4, 0.5) is 0 Å². The molecule has 3 heterocycles. The van der Waals surface area contributed by atoms with Crippen LogP contribution in [0.15, 0.2) is 16.8 Å². The minimum atomic E-state index is 0.210. The van der Waals surface area contributed by atoms with Gasteiger partial charge in [-0.1, -0.05) is 6.92 Å². The van der Waals surface area contributed by atoms with Gasteiger partial charge in [0, 0.05) is 37.8 Å². The van der Waals surface area contributed by atoms with E-state index in [9.17, 15) is 4.79 Å². The maximum atomic E-state index is 11.7. The largest absolute Gasteiger partial charge is 0.420 e. The fourth-order valence-electron chi connectivity index (χ4n) is 2.62. The van der Waals surface area contributed by atoms with Gasteiger partial charge in [0.1, 0.15) is 5.82 Å². The van der Waals surface area contributed by atoms with Gasteiger partial charge in [-0.25, -0.2) is 9.97 Å². The first-order chi connectivity index (χ1) is 10.7. The van der Waals surface area contributed by atoms with E-state index >= 15 is 0 Å². The Bertz CT molecular complexity index is 644. The Morgan fingerprint density at radius 3 is 2.59 bits per heavy atom. The van der Waals surface area contributed by atoms with Crippen molar-refractivity contribution in [2.24, 2.45) is 0 Å². The number of hydrogen-bond acceptors (Lipinski definition) is 6. The molecule has 0 unspecified atom stereocenters. The molecule has 1 aliphatic heterocycles. The van der Waals surface area contributed by atoms with Crippen molar-refractivity contribution in [3.05, 3.63) is 24.1 Å². The molecule has 0 aliphatic carbocycles. The normalized spacial score (nSPS) is 16.0. The van der Waals surface area contributed by atoms with E-state index in [2.05, 4.69) is 20.2 Å². The number of aryl methyl sites for hydroxylation is 1. The molecule has 22 heavy (non-hydrogen) atoms. The fraction of sp³-hybridized carbons (Fsp3) is 0.533. The Kier molecular flexibility index (Phi) is 4.13. The summed E-state index contributed by atoms with van der Waals surface area (Å²) in [6, 6.07) is 0. The van der Waals surface area contributed by atoms with Crippen LogP contribution in [0.5, 0.6) is 0 Å². The van der Waals surface area contributed by atoms with E-state index in [0.717, 1.165) is 31.5 Å². The summed E-state index contributed by atoms with van der Waals surface area (Å²) in [7, 11) is 0. The van der Waals surface area contributed by atoms with Crippen molar-refractivity contribution in [2.75, 3.05) is 13.1 Å². The molecule has 0 atom stereocenters. The molecule has 0 spiro atoms. The van der Waals surface area contributed by atoms with E-state index in [1.54, 1.807) is 12.4 Å². The zero-order chi connectivity index (χ0) is 15.5. The van der Waals surface area contributed by atoms with Crippen LogP contribution in [-0.2, 0) is 4.79 Å². The van der Waals surface area contributed by atoms with E-state index in [1.807, 2.05) is 18.7 Å². The maximum absolute atomic E-state index is 11.7. The molecule has 7 nitrogen and oxygen atoms in total. The van der Waals surface area contributed by atoms with E-state index in [-0.39, 0.29) is 11.8 Å². The molecule has 1 aliphatic rings. The predicted molar refractivity (Wildman–Crippen MR) is 78.9 cm³/mol. The SMILES string of the molecule is CCC(=O)N1CCC(c2nnc(-c3cnc(C)nc3)o2)CC1. The zero-order valence-electron chi connectivity index (χ0n) is 12.8. The molecule has 7 heteroatoms. The Morgan fingerprint density at radius 1 is 1.27 bits per heavy atom. The molecular formula is C15H19N5O2. The van der Waals surface area contributed by atoms with Gasteiger partial charge in [0.05, 0.1) is 5.56 Å². The highest BCUT2D eigenvalue weighted by molar-refractivity contribution is 5.75. The van der Waals surface area contributed by atoms with Gasteiger partial charge in [-0.3, -0.25) is 4.79 Å². The number of carbonyl (C=O) groups excluding carboxylic acids is 1. The van der Waals surface area contributed by atoms with Crippen molar-refractivity contribution in [3.8, 4) is 11.5 Å². The second-order valence-corrected chi connectivity index (χ2v) is 5.47. The van der Waals surface area contributed by atoms with Crippen LogP contribution in [-0.4, -0.2) is 44.1 Å². The highest BCUT2D eigenvalue weighted by atomic mass is 16.4. The molecule has 1 amide bonds. The first-order valence-electron chi connectivity index (χ1n) is 7.57. The van der Waals surface area contributed by atoms with E-state index in [0.29, 0.717) is 24.0 Å². The number of rotatable bonds is 3. The van der Waals surface area contributed by atoms with Crippen molar-refractivity contribution in [3.63, 3.8) is 0 Å². The third kappa shape index (κ3) is 2.98. The standard InChI is InChI=1S/C15H19N5O2/c1-3-13(21)20-6-4-11(5-7-20)14-18-19-15(22-14)12-8-16-10(2)17-9-12/h8-9,11H,3-7H2,1-2H3. The van der Waals surface area contributed by atoms with Gasteiger partial charge in [-0.05, 0) is 19.8 Å². The number of carbonyl (C=O) groups is 1.